The summed E-state index contributed by atoms with van der Waals surface area (Å²) >= 11 is 3.97. The van der Waals surface area contributed by atoms with Crippen LogP contribution in [0.4, 0.5) is 0 Å². The molecule has 11 heteroatoms. The van der Waals surface area contributed by atoms with Gasteiger partial charge < -0.3 is 32.5 Å². The van der Waals surface area contributed by atoms with Crippen LogP contribution < -0.4 is 27.4 Å². The molecule has 0 saturated heterocycles. The number of nitrogens with two attached hydrogens (primary N) is 2. The van der Waals surface area contributed by atoms with E-state index >= 15 is 0 Å². The van der Waals surface area contributed by atoms with Crippen molar-refractivity contribution < 1.29 is 24.3 Å². The maximum Gasteiger partial charge on any atom is 0.326 e. The number of carbonyl (C=O) groups excluding carboxylic acids is 3. The van der Waals surface area contributed by atoms with Crippen LogP contribution in [0.3, 0.4) is 0 Å². The van der Waals surface area contributed by atoms with Gasteiger partial charge in [-0.25, -0.2) is 4.79 Å². The smallest absolute Gasteiger partial charge is 0.326 e. The first-order valence-electron chi connectivity index (χ1n) is 7.45. The molecule has 2 atom stereocenters. The highest BCUT2D eigenvalue weighted by atomic mass is 32.1. The number of thiol groups is 1. The van der Waals surface area contributed by atoms with Crippen LogP contribution >= 0.6 is 12.6 Å². The lowest BCUT2D eigenvalue weighted by Gasteiger charge is -2.20. The number of aliphatic carboxylic acids is 1. The molecule has 3 amide bonds. The zero-order chi connectivity index (χ0) is 18.5. The quantitative estimate of drug-likeness (QED) is 0.144. The van der Waals surface area contributed by atoms with Gasteiger partial charge in [0.05, 0.1) is 13.1 Å². The van der Waals surface area contributed by atoms with Crippen molar-refractivity contribution in [2.24, 2.45) is 11.5 Å². The molecule has 0 aliphatic rings. The predicted octanol–water partition coefficient (Wildman–Crippen LogP) is -2.83. The molecular formula is C13H25N5O5S. The average molecular weight is 363 g/mol. The molecule has 24 heavy (non-hydrogen) atoms. The number of hydrogen-bond donors (Lipinski definition) is 7. The van der Waals surface area contributed by atoms with E-state index in [1.165, 1.54) is 0 Å². The van der Waals surface area contributed by atoms with Gasteiger partial charge in [0, 0.05) is 5.75 Å². The van der Waals surface area contributed by atoms with Crippen molar-refractivity contribution in [1.82, 2.24) is 16.0 Å². The zero-order valence-electron chi connectivity index (χ0n) is 13.3. The normalized spacial score (nSPS) is 12.8. The van der Waals surface area contributed by atoms with Gasteiger partial charge in [0.15, 0.2) is 0 Å². The molecule has 0 unspecified atom stereocenters. The Morgan fingerprint density at radius 2 is 1.67 bits per heavy atom. The standard InChI is InChI=1S/C13H25N5O5S/c14-4-2-1-3-8(13(22)23)18-12(21)9(7-24)17-11(20)6-16-10(19)5-15/h8-9,24H,1-7,14-15H2,(H,16,19)(H,17,20)(H,18,21)(H,22,23)/t8-,9-/m0/s1. The van der Waals surface area contributed by atoms with Gasteiger partial charge in [0.25, 0.3) is 0 Å². The van der Waals surface area contributed by atoms with E-state index < -0.39 is 35.8 Å². The fourth-order valence-corrected chi connectivity index (χ4v) is 1.97. The van der Waals surface area contributed by atoms with E-state index in [1.54, 1.807) is 0 Å². The lowest BCUT2D eigenvalue weighted by atomic mass is 10.1. The zero-order valence-corrected chi connectivity index (χ0v) is 14.2. The second-order valence-corrected chi connectivity index (χ2v) is 5.33. The molecule has 0 aliphatic heterocycles. The minimum absolute atomic E-state index is 0.0302. The van der Waals surface area contributed by atoms with E-state index in [4.69, 9.17) is 16.6 Å². The summed E-state index contributed by atoms with van der Waals surface area (Å²) in [6, 6.07) is -2.09. The Labute approximate surface area is 145 Å². The summed E-state index contributed by atoms with van der Waals surface area (Å²) < 4.78 is 0. The number of hydrogen-bond acceptors (Lipinski definition) is 7. The number of unbranched alkanes of at least 4 members (excludes halogenated alkanes) is 1. The summed E-state index contributed by atoms with van der Waals surface area (Å²) in [4.78, 5) is 45.9. The van der Waals surface area contributed by atoms with Crippen LogP contribution in [-0.4, -0.2) is 66.3 Å². The Kier molecular flexibility index (Phi) is 11.6. The van der Waals surface area contributed by atoms with E-state index in [1.807, 2.05) is 0 Å². The van der Waals surface area contributed by atoms with Gasteiger partial charge >= 0.3 is 5.97 Å². The molecule has 0 saturated carbocycles. The first kappa shape index (κ1) is 22.1. The molecule has 10 nitrogen and oxygen atoms in total. The average Bonchev–Trinajstić information content (AvgIpc) is 2.56. The first-order valence-corrected chi connectivity index (χ1v) is 8.09. The second-order valence-electron chi connectivity index (χ2n) is 4.97. The van der Waals surface area contributed by atoms with Gasteiger partial charge in [-0.1, -0.05) is 0 Å². The van der Waals surface area contributed by atoms with Crippen molar-refractivity contribution in [1.29, 1.82) is 0 Å². The van der Waals surface area contributed by atoms with Crippen LogP contribution in [0.15, 0.2) is 0 Å². The second kappa shape index (κ2) is 12.6. The van der Waals surface area contributed by atoms with Gasteiger partial charge in [-0.15, -0.1) is 0 Å². The molecule has 8 N–H and O–H groups in total. The van der Waals surface area contributed by atoms with Crippen LogP contribution in [0, 0.1) is 0 Å². The monoisotopic (exact) mass is 363 g/mol. The molecule has 0 rings (SSSR count). The Hall–Kier alpha value is -1.85. The minimum Gasteiger partial charge on any atom is -0.480 e. The summed E-state index contributed by atoms with van der Waals surface area (Å²) in [6.45, 7) is -0.163. The van der Waals surface area contributed by atoms with Crippen molar-refractivity contribution in [2.75, 3.05) is 25.4 Å². The van der Waals surface area contributed by atoms with Crippen molar-refractivity contribution in [3.05, 3.63) is 0 Å². The molecule has 0 bridgehead atoms. The number of carboxylic acid groups (broad SMARTS) is 1. The van der Waals surface area contributed by atoms with Crippen LogP contribution in [0.5, 0.6) is 0 Å². The predicted molar refractivity (Wildman–Crippen MR) is 90.3 cm³/mol. The Bertz CT molecular complexity index is 448. The fourth-order valence-electron chi connectivity index (χ4n) is 1.71. The van der Waals surface area contributed by atoms with Crippen LogP contribution in [0.2, 0.25) is 0 Å². The molecule has 0 radical (unpaired) electrons. The van der Waals surface area contributed by atoms with Crippen molar-refractivity contribution in [2.45, 2.75) is 31.3 Å². The molecular weight excluding hydrogens is 338 g/mol. The minimum atomic E-state index is -1.17. The maximum atomic E-state index is 12.1. The van der Waals surface area contributed by atoms with Gasteiger partial charge in [-0.2, -0.15) is 12.6 Å². The molecule has 138 valence electrons. The van der Waals surface area contributed by atoms with Crippen LogP contribution in [0.25, 0.3) is 0 Å². The van der Waals surface area contributed by atoms with E-state index in [9.17, 15) is 19.2 Å². The van der Waals surface area contributed by atoms with Gasteiger partial charge in [0.1, 0.15) is 12.1 Å². The number of rotatable bonds is 12. The highest BCUT2D eigenvalue weighted by Gasteiger charge is 2.25. The third kappa shape index (κ3) is 9.33. The first-order chi connectivity index (χ1) is 11.3. The van der Waals surface area contributed by atoms with Crippen LogP contribution in [-0.2, 0) is 19.2 Å². The third-order valence-corrected chi connectivity index (χ3v) is 3.39. The summed E-state index contributed by atoms with van der Waals surface area (Å²) in [7, 11) is 0. The summed E-state index contributed by atoms with van der Waals surface area (Å²) in [5.41, 5.74) is 10.4. The van der Waals surface area contributed by atoms with Crippen LogP contribution in [0.1, 0.15) is 19.3 Å². The molecule has 0 heterocycles. The number of carbonyl (C=O) groups is 4. The fraction of sp³-hybridized carbons (Fsp3) is 0.692. The summed E-state index contributed by atoms with van der Waals surface area (Å²) in [5, 5.41) is 16.1. The van der Waals surface area contributed by atoms with E-state index in [-0.39, 0.29) is 25.3 Å². The van der Waals surface area contributed by atoms with E-state index in [2.05, 4.69) is 28.6 Å². The molecule has 0 spiro atoms. The van der Waals surface area contributed by atoms with E-state index in [0.717, 1.165) is 0 Å². The number of nitrogens with one attached hydrogen (secondary N) is 3. The highest BCUT2D eigenvalue weighted by Crippen LogP contribution is 2.02. The van der Waals surface area contributed by atoms with Crippen molar-refractivity contribution in [3.63, 3.8) is 0 Å². The molecule has 0 aliphatic carbocycles. The largest absolute Gasteiger partial charge is 0.480 e. The molecule has 0 aromatic carbocycles. The van der Waals surface area contributed by atoms with Gasteiger partial charge in [-0.3, -0.25) is 14.4 Å². The van der Waals surface area contributed by atoms with Gasteiger partial charge in [0.2, 0.25) is 17.7 Å². The Morgan fingerprint density at radius 1 is 1.00 bits per heavy atom. The van der Waals surface area contributed by atoms with Gasteiger partial charge in [-0.05, 0) is 25.8 Å². The number of carboxylic acids is 1. The lowest BCUT2D eigenvalue weighted by Crippen LogP contribution is -2.54. The summed E-state index contributed by atoms with van der Waals surface area (Å²) in [6.07, 6.45) is 1.43. The number of amides is 3. The lowest BCUT2D eigenvalue weighted by molar-refractivity contribution is -0.142. The summed E-state index contributed by atoms with van der Waals surface area (Å²) in [5.74, 6) is -2.98. The van der Waals surface area contributed by atoms with Crippen molar-refractivity contribution >= 4 is 36.3 Å². The Balaban J connectivity index is 4.51. The maximum absolute atomic E-state index is 12.1. The highest BCUT2D eigenvalue weighted by molar-refractivity contribution is 7.80. The SMILES string of the molecule is NCCCC[C@H](NC(=O)[C@H](CS)NC(=O)CNC(=O)CN)C(=O)O. The molecule has 0 aromatic heterocycles. The van der Waals surface area contributed by atoms with Crippen molar-refractivity contribution in [3.8, 4) is 0 Å². The topological polar surface area (TPSA) is 177 Å². The Morgan fingerprint density at radius 3 is 2.17 bits per heavy atom. The third-order valence-electron chi connectivity index (χ3n) is 3.03. The van der Waals surface area contributed by atoms with E-state index in [0.29, 0.717) is 19.4 Å². The molecule has 0 fully saturated rings. The molecule has 0 aromatic rings.